The van der Waals surface area contributed by atoms with Crippen LogP contribution in [0.2, 0.25) is 0 Å². The van der Waals surface area contributed by atoms with Gasteiger partial charge in [-0.2, -0.15) is 0 Å². The fourth-order valence-electron chi connectivity index (χ4n) is 4.95. The molecule has 6 nitrogen and oxygen atoms in total. The molecule has 0 fully saturated rings. The summed E-state index contributed by atoms with van der Waals surface area (Å²) in [5.74, 6) is 0.422. The van der Waals surface area contributed by atoms with Gasteiger partial charge in [0.05, 0.1) is 18.7 Å². The van der Waals surface area contributed by atoms with E-state index in [4.69, 9.17) is 9.47 Å². The average Bonchev–Trinajstić information content (AvgIpc) is 3.45. The van der Waals surface area contributed by atoms with Crippen LogP contribution in [0.4, 0.5) is 5.69 Å². The van der Waals surface area contributed by atoms with Crippen LogP contribution in [-0.4, -0.2) is 23.6 Å². The maximum absolute atomic E-state index is 13.6. The van der Waals surface area contributed by atoms with E-state index in [0.29, 0.717) is 29.3 Å². The second-order valence-corrected chi connectivity index (χ2v) is 9.00. The first kappa shape index (κ1) is 22.1. The molecule has 1 N–H and O–H groups in total. The fraction of sp³-hybridized carbons (Fsp3) is 0.133. The highest BCUT2D eigenvalue weighted by Gasteiger charge is 2.50. The quantitative estimate of drug-likeness (QED) is 0.397. The van der Waals surface area contributed by atoms with Crippen LogP contribution < -0.4 is 14.4 Å². The summed E-state index contributed by atoms with van der Waals surface area (Å²) in [6.07, 6.45) is 2.68. The van der Waals surface area contributed by atoms with Gasteiger partial charge in [0.2, 0.25) is 6.79 Å². The summed E-state index contributed by atoms with van der Waals surface area (Å²) in [7, 11) is 0. The number of ketones is 1. The molecule has 4 aromatic rings. The smallest absolute Gasteiger partial charge is 0.264 e. The molecule has 0 saturated carbocycles. The number of hydrogen-bond donors (Lipinski definition) is 1. The molecule has 2 aliphatic heterocycles. The van der Waals surface area contributed by atoms with Gasteiger partial charge in [0.15, 0.2) is 22.9 Å². The van der Waals surface area contributed by atoms with E-state index < -0.39 is 11.5 Å². The van der Waals surface area contributed by atoms with Gasteiger partial charge in [-0.25, -0.2) is 0 Å². The van der Waals surface area contributed by atoms with Crippen molar-refractivity contribution in [2.24, 2.45) is 0 Å². The van der Waals surface area contributed by atoms with E-state index in [1.165, 1.54) is 6.08 Å². The lowest BCUT2D eigenvalue weighted by molar-refractivity contribution is -0.140. The number of ether oxygens (including phenoxy) is 2. The zero-order valence-corrected chi connectivity index (χ0v) is 19.4. The second kappa shape index (κ2) is 8.66. The molecular formula is C30H23NO5. The molecule has 6 rings (SSSR count). The summed E-state index contributed by atoms with van der Waals surface area (Å²) < 4.78 is 10.7. The Hall–Kier alpha value is -4.42. The Morgan fingerprint density at radius 3 is 2.64 bits per heavy atom. The Kier molecular flexibility index (Phi) is 5.31. The van der Waals surface area contributed by atoms with Crippen molar-refractivity contribution in [3.63, 3.8) is 0 Å². The van der Waals surface area contributed by atoms with E-state index in [1.807, 2.05) is 60.7 Å². The number of anilines is 1. The van der Waals surface area contributed by atoms with Gasteiger partial charge in [-0.15, -0.1) is 0 Å². The number of rotatable bonds is 6. The van der Waals surface area contributed by atoms with Gasteiger partial charge in [-0.05, 0) is 46.2 Å². The summed E-state index contributed by atoms with van der Waals surface area (Å²) in [6.45, 7) is 0.464. The monoisotopic (exact) mass is 477 g/mol. The van der Waals surface area contributed by atoms with Gasteiger partial charge in [0.25, 0.3) is 5.91 Å². The maximum Gasteiger partial charge on any atom is 0.264 e. The number of fused-ring (bicyclic) bond motifs is 3. The summed E-state index contributed by atoms with van der Waals surface area (Å²) in [6, 6.07) is 26.5. The highest BCUT2D eigenvalue weighted by molar-refractivity contribution is 6.10. The van der Waals surface area contributed by atoms with Crippen molar-refractivity contribution in [1.29, 1.82) is 0 Å². The van der Waals surface area contributed by atoms with Crippen molar-refractivity contribution < 1.29 is 24.2 Å². The summed E-state index contributed by atoms with van der Waals surface area (Å²) in [5.41, 5.74) is 0.854. The number of amides is 1. The molecule has 1 amide bonds. The zero-order valence-electron chi connectivity index (χ0n) is 19.4. The molecule has 4 aromatic carbocycles. The van der Waals surface area contributed by atoms with Crippen molar-refractivity contribution in [3.05, 3.63) is 108 Å². The Bertz CT molecular complexity index is 1540. The minimum Gasteiger partial charge on any atom is -0.454 e. The SMILES string of the molecule is O=C(/C=C/c1ccc2c(c1)OCO2)CC1(O)C(=O)N(Cc2cccc3ccccc23)c2ccccc21. The van der Waals surface area contributed by atoms with Gasteiger partial charge in [-0.3, -0.25) is 9.59 Å². The first-order chi connectivity index (χ1) is 17.5. The molecule has 2 aliphatic rings. The van der Waals surface area contributed by atoms with Gasteiger partial charge >= 0.3 is 0 Å². The Morgan fingerprint density at radius 1 is 0.944 bits per heavy atom. The number of para-hydroxylation sites is 1. The summed E-state index contributed by atoms with van der Waals surface area (Å²) in [5, 5.41) is 13.7. The van der Waals surface area contributed by atoms with Crippen LogP contribution in [0, 0.1) is 0 Å². The number of benzene rings is 4. The molecule has 6 heteroatoms. The fourth-order valence-corrected chi connectivity index (χ4v) is 4.95. The third-order valence-electron chi connectivity index (χ3n) is 6.74. The number of allylic oxidation sites excluding steroid dienone is 1. The third-order valence-corrected chi connectivity index (χ3v) is 6.74. The van der Waals surface area contributed by atoms with E-state index in [-0.39, 0.29) is 19.0 Å². The molecular weight excluding hydrogens is 454 g/mol. The highest BCUT2D eigenvalue weighted by Crippen LogP contribution is 2.43. The number of carbonyl (C=O) groups is 2. The lowest BCUT2D eigenvalue weighted by Gasteiger charge is -2.23. The molecule has 0 radical (unpaired) electrons. The Morgan fingerprint density at radius 2 is 1.72 bits per heavy atom. The lowest BCUT2D eigenvalue weighted by Crippen LogP contribution is -2.41. The van der Waals surface area contributed by atoms with Crippen molar-refractivity contribution in [2.45, 2.75) is 18.6 Å². The minimum atomic E-state index is -1.93. The van der Waals surface area contributed by atoms with E-state index in [1.54, 1.807) is 35.2 Å². The van der Waals surface area contributed by atoms with Gasteiger partial charge in [0.1, 0.15) is 0 Å². The van der Waals surface area contributed by atoms with Gasteiger partial charge in [-0.1, -0.05) is 72.8 Å². The summed E-state index contributed by atoms with van der Waals surface area (Å²) in [4.78, 5) is 28.1. The largest absolute Gasteiger partial charge is 0.454 e. The van der Waals surface area contributed by atoms with E-state index in [0.717, 1.165) is 21.9 Å². The predicted octanol–water partition coefficient (Wildman–Crippen LogP) is 4.98. The molecule has 0 aliphatic carbocycles. The van der Waals surface area contributed by atoms with Crippen LogP contribution in [0.5, 0.6) is 11.5 Å². The van der Waals surface area contributed by atoms with Crippen molar-refractivity contribution in [1.82, 2.24) is 0 Å². The highest BCUT2D eigenvalue weighted by atomic mass is 16.7. The average molecular weight is 478 g/mol. The molecule has 178 valence electrons. The normalized spacial score (nSPS) is 18.2. The lowest BCUT2D eigenvalue weighted by atomic mass is 9.89. The number of aliphatic hydroxyl groups is 1. The molecule has 36 heavy (non-hydrogen) atoms. The van der Waals surface area contributed by atoms with Crippen molar-refractivity contribution in [2.75, 3.05) is 11.7 Å². The van der Waals surface area contributed by atoms with Crippen LogP contribution in [0.1, 0.15) is 23.1 Å². The van der Waals surface area contributed by atoms with Crippen molar-refractivity contribution in [3.8, 4) is 11.5 Å². The number of hydrogen-bond acceptors (Lipinski definition) is 5. The molecule has 1 unspecified atom stereocenters. The minimum absolute atomic E-state index is 0.172. The molecule has 2 heterocycles. The van der Waals surface area contributed by atoms with Crippen LogP contribution >= 0.6 is 0 Å². The standard InChI is InChI=1S/C30H23NO5/c32-23(14-12-20-13-15-27-28(16-20)36-19-35-27)17-30(34)25-10-3-4-11-26(25)31(29(30)33)18-22-8-5-7-21-6-1-2-9-24(21)22/h1-16,34H,17-19H2/b14-12+. The van der Waals surface area contributed by atoms with Crippen molar-refractivity contribution >= 4 is 34.2 Å². The second-order valence-electron chi connectivity index (χ2n) is 9.00. The van der Waals surface area contributed by atoms with E-state index >= 15 is 0 Å². The molecule has 1 atom stereocenters. The Labute approximate surface area is 208 Å². The topological polar surface area (TPSA) is 76.1 Å². The van der Waals surface area contributed by atoms with Gasteiger partial charge < -0.3 is 19.5 Å². The zero-order chi connectivity index (χ0) is 24.7. The molecule has 0 aromatic heterocycles. The van der Waals surface area contributed by atoms with E-state index in [2.05, 4.69) is 0 Å². The first-order valence-electron chi connectivity index (χ1n) is 11.7. The number of nitrogens with zero attached hydrogens (tertiary/aromatic N) is 1. The molecule has 0 spiro atoms. The third kappa shape index (κ3) is 3.72. The predicted molar refractivity (Wildman–Crippen MR) is 137 cm³/mol. The van der Waals surface area contributed by atoms with Crippen LogP contribution in [-0.2, 0) is 21.7 Å². The maximum atomic E-state index is 13.6. The van der Waals surface area contributed by atoms with Crippen LogP contribution in [0.3, 0.4) is 0 Å². The molecule has 0 saturated heterocycles. The first-order valence-corrected chi connectivity index (χ1v) is 11.7. The summed E-state index contributed by atoms with van der Waals surface area (Å²) >= 11 is 0. The van der Waals surface area contributed by atoms with Crippen LogP contribution in [0.15, 0.2) is 91.0 Å². The number of carbonyl (C=O) groups excluding carboxylic acids is 2. The van der Waals surface area contributed by atoms with Crippen LogP contribution in [0.25, 0.3) is 16.8 Å². The van der Waals surface area contributed by atoms with E-state index in [9.17, 15) is 14.7 Å². The Balaban J connectivity index is 1.27. The molecule has 0 bridgehead atoms. The van der Waals surface area contributed by atoms with Gasteiger partial charge in [0, 0.05) is 5.56 Å².